The summed E-state index contributed by atoms with van der Waals surface area (Å²) in [7, 11) is 0. The van der Waals surface area contributed by atoms with Crippen LogP contribution in [0.3, 0.4) is 0 Å². The lowest BCUT2D eigenvalue weighted by molar-refractivity contribution is 0.831. The fourth-order valence-corrected chi connectivity index (χ4v) is 0.702. The molecule has 0 aliphatic rings. The van der Waals surface area contributed by atoms with E-state index in [2.05, 4.69) is 29.7 Å². The Morgan fingerprint density at radius 2 is 2.40 bits per heavy atom. The molecular weight excluding hydrogens is 124 g/mol. The highest BCUT2D eigenvalue weighted by molar-refractivity contribution is 5.19. The van der Waals surface area contributed by atoms with Crippen molar-refractivity contribution in [2.24, 2.45) is 0 Å². The lowest BCUT2D eigenvalue weighted by atomic mass is 10.2. The summed E-state index contributed by atoms with van der Waals surface area (Å²) in [5.74, 6) is 3.52. The van der Waals surface area contributed by atoms with Crippen LogP contribution < -0.4 is 0 Å². The molecule has 0 bridgehead atoms. The molecule has 2 nitrogen and oxygen atoms in total. The SMILES string of the molecule is C#Cc1ncc(C(C)C)[nH]1. The van der Waals surface area contributed by atoms with Crippen LogP contribution in [0.15, 0.2) is 6.20 Å². The van der Waals surface area contributed by atoms with Crippen molar-refractivity contribution in [1.29, 1.82) is 0 Å². The molecule has 0 amide bonds. The third-order valence-corrected chi connectivity index (χ3v) is 1.35. The molecule has 0 saturated heterocycles. The summed E-state index contributed by atoms with van der Waals surface area (Å²) in [6, 6.07) is 0. The largest absolute Gasteiger partial charge is 0.335 e. The van der Waals surface area contributed by atoms with Gasteiger partial charge in [0.05, 0.1) is 0 Å². The highest BCUT2D eigenvalue weighted by Crippen LogP contribution is 2.09. The standard InChI is InChI=1S/C8H10N2/c1-4-8-9-5-7(10-8)6(2)3/h1,5-6H,2-3H3,(H,9,10). The minimum Gasteiger partial charge on any atom is -0.335 e. The molecule has 0 aromatic carbocycles. The first-order chi connectivity index (χ1) is 4.74. The van der Waals surface area contributed by atoms with Gasteiger partial charge in [-0.15, -0.1) is 6.42 Å². The van der Waals surface area contributed by atoms with Gasteiger partial charge in [0.25, 0.3) is 0 Å². The Bertz CT molecular complexity index is 252. The van der Waals surface area contributed by atoms with E-state index in [1.165, 1.54) is 0 Å². The van der Waals surface area contributed by atoms with Crippen LogP contribution in [0.25, 0.3) is 0 Å². The quantitative estimate of drug-likeness (QED) is 0.579. The molecule has 0 aliphatic carbocycles. The van der Waals surface area contributed by atoms with Crippen molar-refractivity contribution in [3.63, 3.8) is 0 Å². The number of hydrogen-bond acceptors (Lipinski definition) is 1. The van der Waals surface area contributed by atoms with Crippen LogP contribution in [-0.2, 0) is 0 Å². The molecule has 0 unspecified atom stereocenters. The van der Waals surface area contributed by atoms with Gasteiger partial charge in [-0.25, -0.2) is 4.98 Å². The molecule has 10 heavy (non-hydrogen) atoms. The first-order valence-electron chi connectivity index (χ1n) is 3.25. The summed E-state index contributed by atoms with van der Waals surface area (Å²) >= 11 is 0. The minimum atomic E-state index is 0.467. The van der Waals surface area contributed by atoms with Gasteiger partial charge in [0.15, 0.2) is 5.82 Å². The van der Waals surface area contributed by atoms with Crippen LogP contribution >= 0.6 is 0 Å². The zero-order valence-electron chi connectivity index (χ0n) is 6.18. The second-order valence-electron chi connectivity index (χ2n) is 2.49. The van der Waals surface area contributed by atoms with Crippen molar-refractivity contribution in [3.8, 4) is 12.3 Å². The van der Waals surface area contributed by atoms with Crippen LogP contribution in [-0.4, -0.2) is 9.97 Å². The third-order valence-electron chi connectivity index (χ3n) is 1.35. The average molecular weight is 134 g/mol. The van der Waals surface area contributed by atoms with Crippen molar-refractivity contribution >= 4 is 0 Å². The Hall–Kier alpha value is -1.23. The zero-order chi connectivity index (χ0) is 7.56. The van der Waals surface area contributed by atoms with Crippen LogP contribution in [0.4, 0.5) is 0 Å². The number of aromatic amines is 1. The molecule has 52 valence electrons. The number of nitrogens with one attached hydrogen (secondary N) is 1. The van der Waals surface area contributed by atoms with Gasteiger partial charge in [-0.2, -0.15) is 0 Å². The number of aromatic nitrogens is 2. The first kappa shape index (κ1) is 6.88. The summed E-state index contributed by atoms with van der Waals surface area (Å²) in [5, 5.41) is 0. The Morgan fingerprint density at radius 1 is 1.70 bits per heavy atom. The van der Waals surface area contributed by atoms with E-state index in [1.807, 2.05) is 0 Å². The van der Waals surface area contributed by atoms with Gasteiger partial charge >= 0.3 is 0 Å². The maximum atomic E-state index is 5.12. The lowest BCUT2D eigenvalue weighted by Crippen LogP contribution is -1.85. The van der Waals surface area contributed by atoms with Crippen molar-refractivity contribution in [2.45, 2.75) is 19.8 Å². The zero-order valence-corrected chi connectivity index (χ0v) is 6.18. The van der Waals surface area contributed by atoms with Gasteiger partial charge in [0.2, 0.25) is 0 Å². The van der Waals surface area contributed by atoms with E-state index in [-0.39, 0.29) is 0 Å². The molecule has 1 heterocycles. The molecular formula is C8H10N2. The van der Waals surface area contributed by atoms with Crippen molar-refractivity contribution in [1.82, 2.24) is 9.97 Å². The number of imidazole rings is 1. The lowest BCUT2D eigenvalue weighted by Gasteiger charge is -1.96. The van der Waals surface area contributed by atoms with E-state index in [0.29, 0.717) is 11.7 Å². The molecule has 0 aliphatic heterocycles. The van der Waals surface area contributed by atoms with E-state index < -0.39 is 0 Å². The maximum Gasteiger partial charge on any atom is 0.182 e. The van der Waals surface area contributed by atoms with Crippen LogP contribution in [0.1, 0.15) is 31.3 Å². The van der Waals surface area contributed by atoms with Gasteiger partial charge in [-0.3, -0.25) is 0 Å². The van der Waals surface area contributed by atoms with E-state index in [1.54, 1.807) is 6.20 Å². The number of rotatable bonds is 1. The van der Waals surface area contributed by atoms with E-state index >= 15 is 0 Å². The second-order valence-corrected chi connectivity index (χ2v) is 2.49. The van der Waals surface area contributed by atoms with Crippen molar-refractivity contribution in [2.75, 3.05) is 0 Å². The van der Waals surface area contributed by atoms with Crippen molar-refractivity contribution in [3.05, 3.63) is 17.7 Å². The minimum absolute atomic E-state index is 0.467. The number of H-pyrrole nitrogens is 1. The number of terminal acetylenes is 1. The van der Waals surface area contributed by atoms with E-state index in [9.17, 15) is 0 Å². The molecule has 0 radical (unpaired) electrons. The summed E-state index contributed by atoms with van der Waals surface area (Å²) < 4.78 is 0. The Labute approximate surface area is 60.7 Å². The monoisotopic (exact) mass is 134 g/mol. The van der Waals surface area contributed by atoms with Gasteiger partial charge in [-0.1, -0.05) is 13.8 Å². The first-order valence-corrected chi connectivity index (χ1v) is 3.25. The van der Waals surface area contributed by atoms with E-state index in [0.717, 1.165) is 5.69 Å². The fraction of sp³-hybridized carbons (Fsp3) is 0.375. The summed E-state index contributed by atoms with van der Waals surface area (Å²) in [4.78, 5) is 6.98. The van der Waals surface area contributed by atoms with Gasteiger partial charge < -0.3 is 4.98 Å². The molecule has 0 spiro atoms. The molecule has 0 atom stereocenters. The Morgan fingerprint density at radius 3 is 2.70 bits per heavy atom. The fourth-order valence-electron chi connectivity index (χ4n) is 0.702. The van der Waals surface area contributed by atoms with Crippen LogP contribution in [0.5, 0.6) is 0 Å². The smallest absolute Gasteiger partial charge is 0.182 e. The highest BCUT2D eigenvalue weighted by atomic mass is 14.9. The van der Waals surface area contributed by atoms with Crippen LogP contribution in [0.2, 0.25) is 0 Å². The normalized spacial score (nSPS) is 9.80. The molecule has 1 rings (SSSR count). The molecule has 0 fully saturated rings. The van der Waals surface area contributed by atoms with E-state index in [4.69, 9.17) is 6.42 Å². The van der Waals surface area contributed by atoms with Crippen molar-refractivity contribution < 1.29 is 0 Å². The predicted molar refractivity (Wildman–Crippen MR) is 40.6 cm³/mol. The molecule has 2 heteroatoms. The van der Waals surface area contributed by atoms with Gasteiger partial charge in [-0.05, 0) is 11.8 Å². The van der Waals surface area contributed by atoms with Gasteiger partial charge in [0.1, 0.15) is 0 Å². The number of hydrogen-bond donors (Lipinski definition) is 1. The molecule has 1 N–H and O–H groups in total. The second kappa shape index (κ2) is 2.57. The summed E-state index contributed by atoms with van der Waals surface area (Å²) in [6.45, 7) is 4.18. The highest BCUT2D eigenvalue weighted by Gasteiger charge is 2.00. The Balaban J connectivity index is 2.91. The maximum absolute atomic E-state index is 5.12. The topological polar surface area (TPSA) is 28.7 Å². The molecule has 1 aromatic heterocycles. The predicted octanol–water partition coefficient (Wildman–Crippen LogP) is 1.51. The van der Waals surface area contributed by atoms with Crippen LogP contribution in [0, 0.1) is 12.3 Å². The molecule has 0 saturated carbocycles. The van der Waals surface area contributed by atoms with Gasteiger partial charge in [0, 0.05) is 11.9 Å². The third kappa shape index (κ3) is 1.19. The number of nitrogens with zero attached hydrogens (tertiary/aromatic N) is 1. The average Bonchev–Trinajstić information content (AvgIpc) is 2.34. The summed E-state index contributed by atoms with van der Waals surface area (Å²) in [5.41, 5.74) is 1.09. The summed E-state index contributed by atoms with van der Waals surface area (Å²) in [6.07, 6.45) is 6.90. The molecule has 1 aromatic rings. The Kier molecular flexibility index (Phi) is 1.77.